The van der Waals surface area contributed by atoms with Gasteiger partial charge in [-0.1, -0.05) is 6.07 Å². The molecule has 0 bridgehead atoms. The Morgan fingerprint density at radius 1 is 1.25 bits per heavy atom. The molecule has 0 aliphatic carbocycles. The monoisotopic (exact) mass is 580 g/mol. The number of halogens is 4. The van der Waals surface area contributed by atoms with Crippen molar-refractivity contribution in [2.75, 3.05) is 6.26 Å². The zero-order valence-corrected chi connectivity index (χ0v) is 19.5. The quantitative estimate of drug-likeness (QED) is 0.168. The number of esters is 1. The Bertz CT molecular complexity index is 1060. The van der Waals surface area contributed by atoms with Crippen LogP contribution in [-0.4, -0.2) is 22.3 Å². The first-order valence-corrected chi connectivity index (χ1v) is 9.89. The summed E-state index contributed by atoms with van der Waals surface area (Å²) in [4.78, 5) is 14.6. The highest BCUT2D eigenvalue weighted by atomic mass is 127. The van der Waals surface area contributed by atoms with E-state index in [1.165, 1.54) is 31.2 Å². The normalized spacial score (nSPS) is 11.8. The van der Waals surface area contributed by atoms with Crippen LogP contribution in [0.4, 0.5) is 8.78 Å². The largest absolute Gasteiger partial charge is 0.453 e. The second-order valence-corrected chi connectivity index (χ2v) is 7.40. The van der Waals surface area contributed by atoms with Crippen LogP contribution in [0.3, 0.4) is 0 Å². The van der Waals surface area contributed by atoms with Gasteiger partial charge in [-0.2, -0.15) is 0 Å². The molecule has 9 heteroatoms. The van der Waals surface area contributed by atoms with Gasteiger partial charge in [0.1, 0.15) is 11.6 Å². The van der Waals surface area contributed by atoms with Gasteiger partial charge in [0.2, 0.25) is 0 Å². The number of ether oxygens (including phenoxy) is 1. The fourth-order valence-electron chi connectivity index (χ4n) is 2.84. The first kappa shape index (κ1) is 22.8. The van der Waals surface area contributed by atoms with Gasteiger partial charge in [0, 0.05) is 39.6 Å². The van der Waals surface area contributed by atoms with E-state index in [9.17, 15) is 13.6 Å². The van der Waals surface area contributed by atoms with Crippen LogP contribution in [0, 0.1) is 17.0 Å². The fourth-order valence-corrected chi connectivity index (χ4v) is 3.96. The summed E-state index contributed by atoms with van der Waals surface area (Å²) in [7, 11) is 0. The van der Waals surface area contributed by atoms with Gasteiger partial charge >= 0.3 is 5.97 Å². The maximum atomic E-state index is 14.9. The Morgan fingerprint density at radius 2 is 1.96 bits per heavy atom. The number of H-pyrrole nitrogens is 1. The summed E-state index contributed by atoms with van der Waals surface area (Å²) in [6, 6.07) is 7.11. The molecule has 4 nitrogen and oxygen atoms in total. The molecule has 3 aromatic rings. The number of fused-ring (bicyclic) bond motifs is 1. The van der Waals surface area contributed by atoms with Crippen molar-refractivity contribution in [3.63, 3.8) is 0 Å². The lowest BCUT2D eigenvalue weighted by Crippen LogP contribution is -2.14. The van der Waals surface area contributed by atoms with Crippen molar-refractivity contribution in [3.8, 4) is 0 Å². The molecule has 1 atom stereocenters. The number of aromatic nitrogens is 1. The predicted molar refractivity (Wildman–Crippen MR) is 122 cm³/mol. The lowest BCUT2D eigenvalue weighted by molar-refractivity contribution is -0.144. The highest BCUT2D eigenvalue weighted by Crippen LogP contribution is 2.38. The number of benzene rings is 2. The second-order valence-electron chi connectivity index (χ2n) is 5.79. The van der Waals surface area contributed by atoms with Crippen molar-refractivity contribution in [2.24, 2.45) is 0 Å². The van der Waals surface area contributed by atoms with Crippen molar-refractivity contribution in [1.82, 2.24) is 4.98 Å². The lowest BCUT2D eigenvalue weighted by atomic mass is 9.97. The smallest absolute Gasteiger partial charge is 0.303 e. The van der Waals surface area contributed by atoms with E-state index in [2.05, 4.69) is 20.9 Å². The molecule has 0 amide bonds. The van der Waals surface area contributed by atoms with E-state index in [1.54, 1.807) is 18.5 Å². The Balaban J connectivity index is 0.00000280. The van der Waals surface area contributed by atoms with Gasteiger partial charge in [-0.05, 0) is 52.0 Å². The molecule has 2 N–H and O–H groups in total. The lowest BCUT2D eigenvalue weighted by Gasteiger charge is -2.21. The predicted octanol–water partition coefficient (Wildman–Crippen LogP) is 6.17. The third kappa shape index (κ3) is 4.41. The Hall–Kier alpha value is -1.46. The Labute approximate surface area is 190 Å². The number of carbonyl (C=O) groups is 1. The highest BCUT2D eigenvalue weighted by Gasteiger charge is 2.27. The van der Waals surface area contributed by atoms with Gasteiger partial charge in [-0.25, -0.2) is 8.78 Å². The maximum Gasteiger partial charge on any atom is 0.303 e. The average molecular weight is 581 g/mol. The van der Waals surface area contributed by atoms with Crippen LogP contribution >= 0.6 is 51.7 Å². The third-order valence-electron chi connectivity index (χ3n) is 4.07. The number of hydrogen-bond acceptors (Lipinski definition) is 4. The second kappa shape index (κ2) is 9.36. The number of aromatic amines is 1. The summed E-state index contributed by atoms with van der Waals surface area (Å²) in [5.74, 6) is -1.75. The number of carbonyl (C=O) groups excluding carboxylic acids is 1. The average Bonchev–Trinajstić information content (AvgIpc) is 3.09. The fraction of sp³-hybridized carbons (Fsp3) is 0.158. The van der Waals surface area contributed by atoms with E-state index >= 15 is 0 Å². The molecule has 0 radical (unpaired) electrons. The summed E-state index contributed by atoms with van der Waals surface area (Å²) in [5, 5.41) is 8.65. The molecular formula is C19H16BrF2IN2O2S. The molecule has 0 saturated carbocycles. The number of thioether (sulfide) groups is 1. The molecule has 148 valence electrons. The third-order valence-corrected chi connectivity index (χ3v) is 5.55. The van der Waals surface area contributed by atoms with Gasteiger partial charge in [-0.3, -0.25) is 10.2 Å². The molecule has 1 aromatic heterocycles. The number of hydrogen-bond donors (Lipinski definition) is 2. The molecule has 3 rings (SSSR count). The zero-order valence-electron chi connectivity index (χ0n) is 14.8. The van der Waals surface area contributed by atoms with Crippen LogP contribution in [0.2, 0.25) is 0 Å². The molecule has 0 fully saturated rings. The van der Waals surface area contributed by atoms with Crippen molar-refractivity contribution >= 4 is 73.6 Å². The summed E-state index contributed by atoms with van der Waals surface area (Å²) in [5.41, 5.74) is 1.16. The number of nitrogens with one attached hydrogen (secondary N) is 2. The van der Waals surface area contributed by atoms with Crippen LogP contribution in [0.5, 0.6) is 0 Å². The van der Waals surface area contributed by atoms with Gasteiger partial charge in [0.05, 0.1) is 5.04 Å². The Kier molecular flexibility index (Phi) is 7.63. The van der Waals surface area contributed by atoms with E-state index in [4.69, 9.17) is 10.1 Å². The molecule has 1 unspecified atom stereocenters. The zero-order chi connectivity index (χ0) is 19.7. The molecule has 2 aromatic carbocycles. The Morgan fingerprint density at radius 3 is 2.61 bits per heavy atom. The topological polar surface area (TPSA) is 65.9 Å². The highest BCUT2D eigenvalue weighted by molar-refractivity contribution is 14.0. The van der Waals surface area contributed by atoms with Crippen LogP contribution in [-0.2, 0) is 9.53 Å². The molecule has 0 aliphatic heterocycles. The maximum absolute atomic E-state index is 14.9. The summed E-state index contributed by atoms with van der Waals surface area (Å²) in [6.45, 7) is 1.22. The van der Waals surface area contributed by atoms with Gasteiger partial charge in [0.25, 0.3) is 0 Å². The first-order chi connectivity index (χ1) is 12.8. The van der Waals surface area contributed by atoms with Crippen LogP contribution in [0.1, 0.15) is 29.7 Å². The van der Waals surface area contributed by atoms with Crippen molar-refractivity contribution in [2.45, 2.75) is 13.0 Å². The van der Waals surface area contributed by atoms with E-state index in [0.29, 0.717) is 15.6 Å². The van der Waals surface area contributed by atoms with Crippen LogP contribution in [0.15, 0.2) is 41.0 Å². The summed E-state index contributed by atoms with van der Waals surface area (Å²) in [6.07, 6.45) is 2.24. The van der Waals surface area contributed by atoms with E-state index < -0.39 is 23.7 Å². The molecule has 28 heavy (non-hydrogen) atoms. The SMILES string of the molecule is CSC(=N)c1cc(C(OC(C)=O)c2c(F)cc3[nH]ccc3c2Br)ccc1F.I. The van der Waals surface area contributed by atoms with E-state index in [0.717, 1.165) is 17.1 Å². The molecule has 0 saturated heterocycles. The molecule has 0 aliphatic rings. The number of rotatable bonds is 4. The van der Waals surface area contributed by atoms with Crippen LogP contribution < -0.4 is 0 Å². The molecule has 0 spiro atoms. The van der Waals surface area contributed by atoms with Gasteiger partial charge in [0.15, 0.2) is 6.10 Å². The molecular weight excluding hydrogens is 565 g/mol. The van der Waals surface area contributed by atoms with Crippen LogP contribution in [0.25, 0.3) is 10.9 Å². The van der Waals surface area contributed by atoms with E-state index in [-0.39, 0.29) is 40.1 Å². The minimum Gasteiger partial charge on any atom is -0.453 e. The van der Waals surface area contributed by atoms with Gasteiger partial charge in [-0.15, -0.1) is 35.7 Å². The van der Waals surface area contributed by atoms with Crippen molar-refractivity contribution < 1.29 is 18.3 Å². The standard InChI is InChI=1S/C19H15BrF2N2O2S.HI/c1-9(25)26-18(10-3-4-13(21)12(7-10)19(23)27-2)16-14(22)8-15-11(17(16)20)5-6-24-15;/h3-8,18,23-24H,1-2H3;1H. The molecule has 1 heterocycles. The summed E-state index contributed by atoms with van der Waals surface area (Å²) < 4.78 is 34.8. The van der Waals surface area contributed by atoms with Crippen molar-refractivity contribution in [3.05, 3.63) is 69.3 Å². The van der Waals surface area contributed by atoms with E-state index in [1.807, 2.05) is 0 Å². The minimum atomic E-state index is -1.09. The first-order valence-electron chi connectivity index (χ1n) is 7.88. The summed E-state index contributed by atoms with van der Waals surface area (Å²) >= 11 is 4.48. The van der Waals surface area contributed by atoms with Gasteiger partial charge < -0.3 is 9.72 Å². The minimum absolute atomic E-state index is 0. The van der Waals surface area contributed by atoms with Crippen molar-refractivity contribution in [1.29, 1.82) is 5.41 Å².